The van der Waals surface area contributed by atoms with Gasteiger partial charge in [-0.3, -0.25) is 0 Å². The van der Waals surface area contributed by atoms with Crippen LogP contribution in [-0.2, 0) is 9.71 Å². The van der Waals surface area contributed by atoms with E-state index in [0.717, 1.165) is 12.5 Å². The molecule has 160 valence electrons. The van der Waals surface area contributed by atoms with E-state index >= 15 is 0 Å². The van der Waals surface area contributed by atoms with Crippen LogP contribution >= 0.6 is 0 Å². The second-order valence-corrected chi connectivity index (χ2v) is 9.01. The predicted octanol–water partition coefficient (Wildman–Crippen LogP) is 4.08. The first kappa shape index (κ1) is 21.6. The van der Waals surface area contributed by atoms with E-state index < -0.39 is 22.0 Å². The van der Waals surface area contributed by atoms with Gasteiger partial charge in [0, 0.05) is 33.2 Å². The maximum Gasteiger partial charge on any atom is 0.425 e. The van der Waals surface area contributed by atoms with Gasteiger partial charge in [-0.25, -0.2) is 19.2 Å². The predicted molar refractivity (Wildman–Crippen MR) is 113 cm³/mol. The molecular weight excluding hydrogens is 419 g/mol. The molecule has 3 aromatic rings. The molecule has 1 aromatic carbocycles. The molecule has 0 aliphatic heterocycles. The Morgan fingerprint density at radius 3 is 2.63 bits per heavy atom. The lowest BCUT2D eigenvalue weighted by atomic mass is 10.1. The SMILES string of the molecule is C=S(C)(=O)Nc1cc(C)c2c(Nc3cccnc3OC(C)C(F)(F)F)ncnc2c1. The van der Waals surface area contributed by atoms with E-state index in [0.29, 0.717) is 22.4 Å². The highest BCUT2D eigenvalue weighted by atomic mass is 32.2. The van der Waals surface area contributed by atoms with Crippen LogP contribution in [0.4, 0.5) is 30.4 Å². The lowest BCUT2D eigenvalue weighted by Crippen LogP contribution is -2.31. The van der Waals surface area contributed by atoms with Gasteiger partial charge < -0.3 is 14.8 Å². The molecule has 0 saturated heterocycles. The first-order valence-corrected chi connectivity index (χ1v) is 10.9. The van der Waals surface area contributed by atoms with Crippen molar-refractivity contribution in [3.8, 4) is 5.88 Å². The fourth-order valence-electron chi connectivity index (χ4n) is 2.74. The molecule has 2 N–H and O–H groups in total. The number of aryl methyl sites for hydroxylation is 1. The summed E-state index contributed by atoms with van der Waals surface area (Å²) in [6.07, 6.45) is -2.42. The smallest absolute Gasteiger partial charge is 0.425 e. The molecule has 0 radical (unpaired) electrons. The van der Waals surface area contributed by atoms with Gasteiger partial charge in [0.25, 0.3) is 0 Å². The van der Waals surface area contributed by atoms with Gasteiger partial charge in [-0.15, -0.1) is 0 Å². The number of alkyl halides is 3. The fraction of sp³-hybridized carbons (Fsp3) is 0.263. The number of fused-ring (bicyclic) bond motifs is 1. The number of aromatic nitrogens is 3. The molecule has 0 aliphatic carbocycles. The van der Waals surface area contributed by atoms with Gasteiger partial charge in [0.05, 0.1) is 5.52 Å². The maximum atomic E-state index is 12.9. The van der Waals surface area contributed by atoms with E-state index in [4.69, 9.17) is 4.74 Å². The monoisotopic (exact) mass is 439 g/mol. The molecule has 0 fully saturated rings. The summed E-state index contributed by atoms with van der Waals surface area (Å²) < 4.78 is 58.4. The second-order valence-electron chi connectivity index (χ2n) is 6.80. The number of pyridine rings is 1. The van der Waals surface area contributed by atoms with Crippen molar-refractivity contribution in [2.45, 2.75) is 26.1 Å². The first-order chi connectivity index (χ1) is 13.9. The molecule has 0 amide bonds. The summed E-state index contributed by atoms with van der Waals surface area (Å²) >= 11 is 0. The van der Waals surface area contributed by atoms with Gasteiger partial charge in [-0.05, 0) is 49.5 Å². The highest BCUT2D eigenvalue weighted by Crippen LogP contribution is 2.33. The summed E-state index contributed by atoms with van der Waals surface area (Å²) in [7, 11) is -2.48. The van der Waals surface area contributed by atoms with Crippen LogP contribution in [0.25, 0.3) is 10.9 Å². The Hall–Kier alpha value is -3.08. The van der Waals surface area contributed by atoms with Gasteiger partial charge in [0.2, 0.25) is 5.88 Å². The van der Waals surface area contributed by atoms with Crippen molar-refractivity contribution in [3.63, 3.8) is 0 Å². The van der Waals surface area contributed by atoms with Crippen molar-refractivity contribution >= 4 is 43.7 Å². The number of halogens is 3. The van der Waals surface area contributed by atoms with Crippen LogP contribution in [0.1, 0.15) is 12.5 Å². The topological polar surface area (TPSA) is 89.0 Å². The van der Waals surface area contributed by atoms with Crippen LogP contribution < -0.4 is 14.8 Å². The largest absolute Gasteiger partial charge is 0.464 e. The number of hydrogen-bond donors (Lipinski definition) is 2. The molecular formula is C19H20F3N5O2S. The molecule has 0 bridgehead atoms. The third kappa shape index (κ3) is 5.09. The van der Waals surface area contributed by atoms with E-state index in [9.17, 15) is 17.4 Å². The molecule has 2 heterocycles. The second kappa shape index (κ2) is 7.98. The van der Waals surface area contributed by atoms with Crippen molar-refractivity contribution in [2.75, 3.05) is 16.3 Å². The standard InChI is InChI=1S/C19H20F3N5O2S/c1-11-8-13(27-30(3,4)28)9-15-16(11)17(25-10-24-15)26-14-6-5-7-23-18(14)29-12(2)19(20,21)22/h5-10,12H,3H2,1-2,4H3,(H,27,28)(H,24,25,26). The van der Waals surface area contributed by atoms with Crippen LogP contribution in [0.5, 0.6) is 5.88 Å². The van der Waals surface area contributed by atoms with Crippen LogP contribution in [0, 0.1) is 6.92 Å². The molecule has 0 aliphatic rings. The number of anilines is 3. The van der Waals surface area contributed by atoms with Crippen LogP contribution in [0.15, 0.2) is 36.8 Å². The van der Waals surface area contributed by atoms with Crippen molar-refractivity contribution in [1.82, 2.24) is 15.0 Å². The van der Waals surface area contributed by atoms with E-state index in [1.54, 1.807) is 24.3 Å². The molecule has 11 heteroatoms. The van der Waals surface area contributed by atoms with E-state index in [1.165, 1.54) is 18.8 Å². The van der Waals surface area contributed by atoms with Crippen molar-refractivity contribution in [3.05, 3.63) is 42.4 Å². The highest BCUT2D eigenvalue weighted by Gasteiger charge is 2.38. The summed E-state index contributed by atoms with van der Waals surface area (Å²) in [5.41, 5.74) is 2.12. The molecule has 0 saturated carbocycles. The number of nitrogens with one attached hydrogen (secondary N) is 2. The van der Waals surface area contributed by atoms with Gasteiger partial charge in [0.15, 0.2) is 6.10 Å². The summed E-state index contributed by atoms with van der Waals surface area (Å²) in [4.78, 5) is 12.4. The van der Waals surface area contributed by atoms with Crippen LogP contribution in [0.2, 0.25) is 0 Å². The van der Waals surface area contributed by atoms with E-state index in [2.05, 4.69) is 30.9 Å². The van der Waals surface area contributed by atoms with Crippen molar-refractivity contribution in [2.24, 2.45) is 0 Å². The Bertz CT molecular complexity index is 1180. The number of nitrogens with zero attached hydrogens (tertiary/aromatic N) is 3. The van der Waals surface area contributed by atoms with Gasteiger partial charge in [0.1, 0.15) is 17.8 Å². The summed E-state index contributed by atoms with van der Waals surface area (Å²) in [5.74, 6) is 3.74. The minimum Gasteiger partial charge on any atom is -0.464 e. The van der Waals surface area contributed by atoms with Crippen molar-refractivity contribution < 1.29 is 22.1 Å². The average Bonchev–Trinajstić information content (AvgIpc) is 2.61. The number of ether oxygens (including phenoxy) is 1. The van der Waals surface area contributed by atoms with Gasteiger partial charge in [-0.1, -0.05) is 0 Å². The summed E-state index contributed by atoms with van der Waals surface area (Å²) in [5, 5.41) is 3.63. The van der Waals surface area contributed by atoms with E-state index in [1.807, 2.05) is 6.92 Å². The molecule has 0 spiro atoms. The Morgan fingerprint density at radius 2 is 1.97 bits per heavy atom. The number of hydrogen-bond acceptors (Lipinski definition) is 6. The third-order valence-electron chi connectivity index (χ3n) is 4.04. The lowest BCUT2D eigenvalue weighted by molar-refractivity contribution is -0.189. The molecule has 30 heavy (non-hydrogen) atoms. The van der Waals surface area contributed by atoms with Crippen molar-refractivity contribution in [1.29, 1.82) is 0 Å². The Kier molecular flexibility index (Phi) is 5.75. The minimum atomic E-state index is -4.53. The van der Waals surface area contributed by atoms with Gasteiger partial charge in [-0.2, -0.15) is 13.2 Å². The Labute approximate surface area is 171 Å². The zero-order valence-electron chi connectivity index (χ0n) is 16.4. The third-order valence-corrected chi connectivity index (χ3v) is 4.71. The van der Waals surface area contributed by atoms with Crippen LogP contribution in [-0.4, -0.2) is 43.6 Å². The molecule has 2 unspecified atom stereocenters. The molecule has 3 rings (SSSR count). The maximum absolute atomic E-state index is 12.9. The normalized spacial score (nSPS) is 14.7. The van der Waals surface area contributed by atoms with Gasteiger partial charge >= 0.3 is 6.18 Å². The first-order valence-electron chi connectivity index (χ1n) is 8.75. The zero-order chi connectivity index (χ0) is 22.1. The average molecular weight is 439 g/mol. The Balaban J connectivity index is 1.99. The highest BCUT2D eigenvalue weighted by molar-refractivity contribution is 8.00. The minimum absolute atomic E-state index is 0.201. The molecule has 7 nitrogen and oxygen atoms in total. The lowest BCUT2D eigenvalue weighted by Gasteiger charge is -2.19. The fourth-order valence-corrected chi connectivity index (χ4v) is 3.35. The quantitative estimate of drug-likeness (QED) is 0.563. The number of rotatable bonds is 6. The van der Waals surface area contributed by atoms with Crippen LogP contribution in [0.3, 0.4) is 0 Å². The summed E-state index contributed by atoms with van der Waals surface area (Å²) in [6, 6.07) is 6.56. The zero-order valence-corrected chi connectivity index (χ0v) is 17.3. The molecule has 2 atom stereocenters. The molecule has 2 aromatic heterocycles. The number of benzene rings is 1. The summed E-state index contributed by atoms with van der Waals surface area (Å²) in [6.45, 7) is 2.72. The Morgan fingerprint density at radius 1 is 1.23 bits per heavy atom. The van der Waals surface area contributed by atoms with E-state index in [-0.39, 0.29) is 11.6 Å².